The van der Waals surface area contributed by atoms with Crippen molar-refractivity contribution in [2.45, 2.75) is 12.5 Å². The molecule has 1 amide bonds. The highest BCUT2D eigenvalue weighted by molar-refractivity contribution is 7.91. The quantitative estimate of drug-likeness (QED) is 0.532. The molecule has 0 radical (unpaired) electrons. The van der Waals surface area contributed by atoms with Crippen LogP contribution in [-0.2, 0) is 25.9 Å². The molecule has 1 aliphatic heterocycles. The molecule has 3 N–H and O–H groups in total. The fourth-order valence-electron chi connectivity index (χ4n) is 2.79. The SMILES string of the molecule is N[C@@H](Cc1ccccc1)C(=O)N1CCS(=O)(=O)CC1.O=C(OO)c1cccc(Cl)c1. The van der Waals surface area contributed by atoms with E-state index < -0.39 is 21.8 Å². The van der Waals surface area contributed by atoms with E-state index in [1.807, 2.05) is 30.3 Å². The lowest BCUT2D eigenvalue weighted by Gasteiger charge is -2.29. The van der Waals surface area contributed by atoms with Crippen molar-refractivity contribution in [2.75, 3.05) is 24.6 Å². The summed E-state index contributed by atoms with van der Waals surface area (Å²) in [7, 11) is -2.97. The van der Waals surface area contributed by atoms with Crippen LogP contribution in [-0.4, -0.2) is 61.1 Å². The van der Waals surface area contributed by atoms with Crippen LogP contribution in [0.2, 0.25) is 5.02 Å². The molecule has 0 bridgehead atoms. The van der Waals surface area contributed by atoms with E-state index in [0.29, 0.717) is 11.4 Å². The van der Waals surface area contributed by atoms with Gasteiger partial charge >= 0.3 is 5.97 Å². The summed E-state index contributed by atoms with van der Waals surface area (Å²) in [5, 5.41) is 8.41. The van der Waals surface area contributed by atoms with Crippen LogP contribution in [0.4, 0.5) is 0 Å². The average Bonchev–Trinajstić information content (AvgIpc) is 2.74. The zero-order valence-electron chi connectivity index (χ0n) is 16.1. The van der Waals surface area contributed by atoms with Crippen molar-refractivity contribution >= 4 is 33.3 Å². The van der Waals surface area contributed by atoms with Gasteiger partial charge < -0.3 is 10.6 Å². The van der Waals surface area contributed by atoms with E-state index in [-0.39, 0.29) is 36.1 Å². The van der Waals surface area contributed by atoms with Gasteiger partial charge in [0.2, 0.25) is 5.91 Å². The lowest BCUT2D eigenvalue weighted by molar-refractivity contribution is -0.182. The van der Waals surface area contributed by atoms with Gasteiger partial charge in [0.05, 0.1) is 23.1 Å². The molecule has 1 saturated heterocycles. The minimum absolute atomic E-state index is 0.0385. The number of carbonyl (C=O) groups excluding carboxylic acids is 2. The first-order valence-electron chi connectivity index (χ1n) is 9.12. The Kier molecular flexibility index (Phi) is 8.79. The normalized spacial score (nSPS) is 16.0. The fourth-order valence-corrected chi connectivity index (χ4v) is 4.18. The van der Waals surface area contributed by atoms with Crippen molar-refractivity contribution in [1.29, 1.82) is 0 Å². The van der Waals surface area contributed by atoms with Crippen LogP contribution in [0.15, 0.2) is 54.6 Å². The zero-order chi connectivity index (χ0) is 22.1. The van der Waals surface area contributed by atoms with Crippen molar-refractivity contribution in [2.24, 2.45) is 5.73 Å². The molecule has 0 spiro atoms. The van der Waals surface area contributed by atoms with Gasteiger partial charge in [-0.15, -0.1) is 0 Å². The molecule has 1 aliphatic rings. The minimum atomic E-state index is -2.97. The molecule has 162 valence electrons. The Morgan fingerprint density at radius 1 is 1.10 bits per heavy atom. The van der Waals surface area contributed by atoms with E-state index in [9.17, 15) is 18.0 Å². The Labute approximate surface area is 180 Å². The third-order valence-electron chi connectivity index (χ3n) is 4.41. The molecule has 1 atom stereocenters. The summed E-state index contributed by atoms with van der Waals surface area (Å²) in [5.74, 6) is -0.903. The van der Waals surface area contributed by atoms with Crippen molar-refractivity contribution < 1.29 is 28.2 Å². The minimum Gasteiger partial charge on any atom is -0.339 e. The topological polar surface area (TPSA) is 127 Å². The number of rotatable bonds is 4. The molecule has 0 unspecified atom stereocenters. The van der Waals surface area contributed by atoms with Crippen LogP contribution in [0, 0.1) is 0 Å². The largest absolute Gasteiger partial charge is 0.372 e. The predicted octanol–water partition coefficient (Wildman–Crippen LogP) is 1.78. The number of nitrogens with zero attached hydrogens (tertiary/aromatic N) is 1. The number of hydrogen-bond donors (Lipinski definition) is 2. The van der Waals surface area contributed by atoms with Gasteiger partial charge in [0.15, 0.2) is 9.84 Å². The van der Waals surface area contributed by atoms with Gasteiger partial charge in [0.1, 0.15) is 0 Å². The molecule has 0 aromatic heterocycles. The zero-order valence-corrected chi connectivity index (χ0v) is 17.7. The van der Waals surface area contributed by atoms with Crippen molar-refractivity contribution in [3.63, 3.8) is 0 Å². The molecule has 0 aliphatic carbocycles. The Morgan fingerprint density at radius 2 is 1.73 bits per heavy atom. The molecule has 8 nitrogen and oxygen atoms in total. The molecular weight excluding hydrogens is 432 g/mol. The molecule has 0 saturated carbocycles. The third-order valence-corrected chi connectivity index (χ3v) is 6.26. The predicted molar refractivity (Wildman–Crippen MR) is 113 cm³/mol. The van der Waals surface area contributed by atoms with Crippen LogP contribution in [0.5, 0.6) is 0 Å². The first kappa shape index (κ1) is 23.8. The van der Waals surface area contributed by atoms with Crippen LogP contribution < -0.4 is 5.73 Å². The van der Waals surface area contributed by atoms with Gasteiger partial charge in [0.25, 0.3) is 0 Å². The maximum absolute atomic E-state index is 12.1. The van der Waals surface area contributed by atoms with Gasteiger partial charge in [-0.1, -0.05) is 48.0 Å². The summed E-state index contributed by atoms with van der Waals surface area (Å²) in [4.78, 5) is 27.8. The highest BCUT2D eigenvalue weighted by Gasteiger charge is 2.28. The molecule has 1 heterocycles. The van der Waals surface area contributed by atoms with Crippen LogP contribution in [0.1, 0.15) is 15.9 Å². The first-order chi connectivity index (χ1) is 14.2. The van der Waals surface area contributed by atoms with Gasteiger partial charge in [-0.3, -0.25) is 9.68 Å². The maximum Gasteiger partial charge on any atom is 0.372 e. The second-order valence-corrected chi connectivity index (χ2v) is 9.40. The van der Waals surface area contributed by atoms with Crippen LogP contribution in [0.3, 0.4) is 0 Å². The second kappa shape index (κ2) is 11.1. The van der Waals surface area contributed by atoms with Gasteiger partial charge in [-0.25, -0.2) is 13.2 Å². The highest BCUT2D eigenvalue weighted by Crippen LogP contribution is 2.11. The fraction of sp³-hybridized carbons (Fsp3) is 0.300. The van der Waals surface area contributed by atoms with E-state index in [0.717, 1.165) is 5.56 Å². The van der Waals surface area contributed by atoms with Crippen LogP contribution in [0.25, 0.3) is 0 Å². The van der Waals surface area contributed by atoms with E-state index >= 15 is 0 Å². The number of sulfone groups is 1. The van der Waals surface area contributed by atoms with Crippen LogP contribution >= 0.6 is 11.6 Å². The molecule has 10 heteroatoms. The Bertz CT molecular complexity index is 954. The summed E-state index contributed by atoms with van der Waals surface area (Å²) < 4.78 is 22.6. The Morgan fingerprint density at radius 3 is 2.30 bits per heavy atom. The molecule has 3 rings (SSSR count). The molecule has 2 aromatic carbocycles. The van der Waals surface area contributed by atoms with E-state index in [4.69, 9.17) is 22.6 Å². The van der Waals surface area contributed by atoms with E-state index in [1.54, 1.807) is 17.0 Å². The standard InChI is InChI=1S/C13H18N2O3S.C7H5ClO3/c14-12(10-11-4-2-1-3-5-11)13(16)15-6-8-19(17,18)9-7-15;8-6-3-1-2-5(4-6)7(9)11-10/h1-5,12H,6-10,14H2;1-4,10H/t12-;/m0./s1. The summed E-state index contributed by atoms with van der Waals surface area (Å²) in [6.07, 6.45) is 0.475. The number of halogens is 1. The Hall–Kier alpha value is -2.46. The second-order valence-electron chi connectivity index (χ2n) is 6.66. The highest BCUT2D eigenvalue weighted by atomic mass is 35.5. The number of nitrogens with two attached hydrogens (primary N) is 1. The monoisotopic (exact) mass is 454 g/mol. The summed E-state index contributed by atoms with van der Waals surface area (Å²) in [6, 6.07) is 15.1. The molecule has 1 fully saturated rings. The summed E-state index contributed by atoms with van der Waals surface area (Å²) >= 11 is 5.56. The van der Waals surface area contributed by atoms with E-state index in [2.05, 4.69) is 4.89 Å². The van der Waals surface area contributed by atoms with Crippen molar-refractivity contribution in [3.8, 4) is 0 Å². The Balaban J connectivity index is 0.000000248. The number of benzene rings is 2. The van der Waals surface area contributed by atoms with Gasteiger partial charge in [-0.2, -0.15) is 5.26 Å². The maximum atomic E-state index is 12.1. The lowest BCUT2D eigenvalue weighted by Crippen LogP contribution is -2.50. The lowest BCUT2D eigenvalue weighted by atomic mass is 10.1. The molecular formula is C20H23ClN2O6S. The summed E-state index contributed by atoms with van der Waals surface area (Å²) in [6.45, 7) is 0.507. The average molecular weight is 455 g/mol. The van der Waals surface area contributed by atoms with Gasteiger partial charge in [-0.05, 0) is 30.2 Å². The molecule has 30 heavy (non-hydrogen) atoms. The van der Waals surface area contributed by atoms with Gasteiger partial charge in [0, 0.05) is 18.1 Å². The van der Waals surface area contributed by atoms with E-state index in [1.165, 1.54) is 12.1 Å². The number of amides is 1. The number of hydrogen-bond acceptors (Lipinski definition) is 7. The number of carbonyl (C=O) groups is 2. The third kappa shape index (κ3) is 7.42. The first-order valence-corrected chi connectivity index (χ1v) is 11.3. The smallest absolute Gasteiger partial charge is 0.339 e. The summed E-state index contributed by atoms with van der Waals surface area (Å²) in [5.41, 5.74) is 7.14. The molecule has 2 aromatic rings. The van der Waals surface area contributed by atoms with Crippen molar-refractivity contribution in [1.82, 2.24) is 4.90 Å². The van der Waals surface area contributed by atoms with Crippen molar-refractivity contribution in [3.05, 3.63) is 70.7 Å².